The quantitative estimate of drug-likeness (QED) is 0.472. The molecule has 0 bridgehead atoms. The molecule has 0 spiro atoms. The van der Waals surface area contributed by atoms with Crippen LogP contribution < -0.4 is 5.32 Å². The second-order valence-electron chi connectivity index (χ2n) is 2.18. The molecule has 0 aromatic rings. The average molecular weight is 157 g/mol. The topological polar surface area (TPSA) is 38.3 Å². The molecule has 0 aliphatic rings. The Hall–Kier alpha value is -0.830. The van der Waals surface area contributed by atoms with Crippen LogP contribution in [0, 0.1) is 0 Å². The summed E-state index contributed by atoms with van der Waals surface area (Å²) in [6.45, 7) is 6.10. The molecule has 1 unspecified atom stereocenters. The van der Waals surface area contributed by atoms with E-state index in [2.05, 4.69) is 16.6 Å². The van der Waals surface area contributed by atoms with Crippen molar-refractivity contribution in [2.75, 3.05) is 13.7 Å². The molecule has 0 aromatic carbocycles. The van der Waals surface area contributed by atoms with Gasteiger partial charge in [0.1, 0.15) is 6.04 Å². The molecule has 0 fully saturated rings. The lowest BCUT2D eigenvalue weighted by atomic mass is 10.2. The number of ether oxygens (including phenoxy) is 1. The zero-order chi connectivity index (χ0) is 8.69. The van der Waals surface area contributed by atoms with Gasteiger partial charge in [-0.15, -0.1) is 6.58 Å². The lowest BCUT2D eigenvalue weighted by Crippen LogP contribution is -2.36. The van der Waals surface area contributed by atoms with E-state index in [-0.39, 0.29) is 12.0 Å². The molecule has 0 saturated heterocycles. The molecule has 0 amide bonds. The summed E-state index contributed by atoms with van der Waals surface area (Å²) in [7, 11) is 1.39. The first-order chi connectivity index (χ1) is 5.26. The molecule has 1 atom stereocenters. The van der Waals surface area contributed by atoms with E-state index < -0.39 is 0 Å². The van der Waals surface area contributed by atoms with Crippen LogP contribution in [0.15, 0.2) is 12.7 Å². The van der Waals surface area contributed by atoms with Gasteiger partial charge in [-0.2, -0.15) is 0 Å². The van der Waals surface area contributed by atoms with E-state index in [9.17, 15) is 4.79 Å². The second kappa shape index (κ2) is 5.92. The van der Waals surface area contributed by atoms with Gasteiger partial charge < -0.3 is 10.1 Å². The van der Waals surface area contributed by atoms with Crippen molar-refractivity contribution in [3.8, 4) is 0 Å². The van der Waals surface area contributed by atoms with Crippen LogP contribution in [-0.4, -0.2) is 25.7 Å². The molecule has 0 rings (SSSR count). The molecule has 1 N–H and O–H groups in total. The molecular formula is C8H15NO2. The van der Waals surface area contributed by atoms with Gasteiger partial charge in [0.05, 0.1) is 7.11 Å². The largest absolute Gasteiger partial charge is 0.468 e. The van der Waals surface area contributed by atoms with Crippen LogP contribution in [0.2, 0.25) is 0 Å². The Balaban J connectivity index is 3.74. The third-order valence-electron chi connectivity index (χ3n) is 1.40. The lowest BCUT2D eigenvalue weighted by molar-refractivity contribution is -0.143. The van der Waals surface area contributed by atoms with Crippen molar-refractivity contribution in [3.63, 3.8) is 0 Å². The van der Waals surface area contributed by atoms with Crippen molar-refractivity contribution in [2.45, 2.75) is 19.4 Å². The summed E-state index contributed by atoms with van der Waals surface area (Å²) in [4.78, 5) is 10.9. The number of hydrogen-bond acceptors (Lipinski definition) is 3. The summed E-state index contributed by atoms with van der Waals surface area (Å²) in [5.74, 6) is -0.214. The fourth-order valence-corrected chi connectivity index (χ4v) is 0.762. The van der Waals surface area contributed by atoms with Crippen LogP contribution in [0.1, 0.15) is 13.3 Å². The minimum Gasteiger partial charge on any atom is -0.468 e. The number of hydrogen-bond donors (Lipinski definition) is 1. The van der Waals surface area contributed by atoms with Gasteiger partial charge in [-0.05, 0) is 6.42 Å². The first-order valence-corrected chi connectivity index (χ1v) is 3.68. The highest BCUT2D eigenvalue weighted by Crippen LogP contribution is 1.92. The van der Waals surface area contributed by atoms with Crippen LogP contribution in [0.5, 0.6) is 0 Å². The number of methoxy groups -OCH3 is 1. The molecule has 0 radical (unpaired) electrons. The third kappa shape index (κ3) is 3.78. The van der Waals surface area contributed by atoms with Crippen LogP contribution in [-0.2, 0) is 9.53 Å². The summed E-state index contributed by atoms with van der Waals surface area (Å²) < 4.78 is 4.56. The summed E-state index contributed by atoms with van der Waals surface area (Å²) in [6, 6.07) is -0.196. The van der Waals surface area contributed by atoms with Crippen molar-refractivity contribution in [1.29, 1.82) is 0 Å². The Labute approximate surface area is 67.4 Å². The molecule has 3 nitrogen and oxygen atoms in total. The minimum atomic E-state index is -0.214. The van der Waals surface area contributed by atoms with Crippen molar-refractivity contribution in [2.24, 2.45) is 0 Å². The smallest absolute Gasteiger partial charge is 0.322 e. The van der Waals surface area contributed by atoms with Crippen molar-refractivity contribution in [3.05, 3.63) is 12.7 Å². The fraction of sp³-hybridized carbons (Fsp3) is 0.625. The van der Waals surface area contributed by atoms with Crippen molar-refractivity contribution < 1.29 is 9.53 Å². The van der Waals surface area contributed by atoms with Gasteiger partial charge in [-0.1, -0.05) is 13.0 Å². The standard InChI is InChI=1S/C8H15NO2/c1-4-6-9-7(5-2)8(10)11-3/h4,7,9H,1,5-6H2,2-3H3. The number of esters is 1. The highest BCUT2D eigenvalue weighted by Gasteiger charge is 2.14. The van der Waals surface area contributed by atoms with Gasteiger partial charge in [-0.3, -0.25) is 4.79 Å². The van der Waals surface area contributed by atoms with Crippen molar-refractivity contribution >= 4 is 5.97 Å². The number of carbonyl (C=O) groups excluding carboxylic acids is 1. The number of nitrogens with one attached hydrogen (secondary N) is 1. The maximum Gasteiger partial charge on any atom is 0.322 e. The Bertz CT molecular complexity index is 134. The maximum atomic E-state index is 10.9. The highest BCUT2D eigenvalue weighted by atomic mass is 16.5. The van der Waals surface area contributed by atoms with Gasteiger partial charge in [-0.25, -0.2) is 0 Å². The van der Waals surface area contributed by atoms with E-state index in [0.29, 0.717) is 6.54 Å². The van der Waals surface area contributed by atoms with E-state index in [4.69, 9.17) is 0 Å². The van der Waals surface area contributed by atoms with E-state index in [1.54, 1.807) is 6.08 Å². The zero-order valence-electron chi connectivity index (χ0n) is 7.09. The Morgan fingerprint density at radius 2 is 2.45 bits per heavy atom. The normalized spacial score (nSPS) is 12.2. The maximum absolute atomic E-state index is 10.9. The molecule has 0 aliphatic heterocycles. The molecule has 11 heavy (non-hydrogen) atoms. The molecule has 0 aromatic heterocycles. The summed E-state index contributed by atoms with van der Waals surface area (Å²) in [5.41, 5.74) is 0. The third-order valence-corrected chi connectivity index (χ3v) is 1.40. The van der Waals surface area contributed by atoms with Gasteiger partial charge in [0, 0.05) is 6.54 Å². The van der Waals surface area contributed by atoms with Gasteiger partial charge in [0.2, 0.25) is 0 Å². The lowest BCUT2D eigenvalue weighted by Gasteiger charge is -2.12. The molecule has 64 valence electrons. The number of carbonyl (C=O) groups is 1. The Morgan fingerprint density at radius 3 is 2.82 bits per heavy atom. The Morgan fingerprint density at radius 1 is 1.82 bits per heavy atom. The first-order valence-electron chi connectivity index (χ1n) is 3.68. The Kier molecular flexibility index (Phi) is 5.47. The SMILES string of the molecule is C=CCNC(CC)C(=O)OC. The van der Waals surface area contributed by atoms with Crippen LogP contribution in [0.3, 0.4) is 0 Å². The monoisotopic (exact) mass is 157 g/mol. The van der Waals surface area contributed by atoms with E-state index in [0.717, 1.165) is 6.42 Å². The summed E-state index contributed by atoms with van der Waals surface area (Å²) >= 11 is 0. The van der Waals surface area contributed by atoms with Gasteiger partial charge >= 0.3 is 5.97 Å². The van der Waals surface area contributed by atoms with Crippen LogP contribution >= 0.6 is 0 Å². The summed E-state index contributed by atoms with van der Waals surface area (Å²) in [6.07, 6.45) is 2.45. The molecular weight excluding hydrogens is 142 g/mol. The van der Waals surface area contributed by atoms with Crippen LogP contribution in [0.4, 0.5) is 0 Å². The van der Waals surface area contributed by atoms with Crippen molar-refractivity contribution in [1.82, 2.24) is 5.32 Å². The van der Waals surface area contributed by atoms with Gasteiger partial charge in [0.25, 0.3) is 0 Å². The van der Waals surface area contributed by atoms with Crippen LogP contribution in [0.25, 0.3) is 0 Å². The predicted octanol–water partition coefficient (Wildman–Crippen LogP) is 0.714. The zero-order valence-corrected chi connectivity index (χ0v) is 7.09. The first kappa shape index (κ1) is 10.2. The van der Waals surface area contributed by atoms with E-state index in [1.807, 2.05) is 6.92 Å². The average Bonchev–Trinajstić information content (AvgIpc) is 2.05. The number of rotatable bonds is 5. The molecule has 0 heterocycles. The van der Waals surface area contributed by atoms with E-state index in [1.165, 1.54) is 7.11 Å². The van der Waals surface area contributed by atoms with Gasteiger partial charge in [0.15, 0.2) is 0 Å². The molecule has 0 saturated carbocycles. The predicted molar refractivity (Wildman–Crippen MR) is 44.3 cm³/mol. The highest BCUT2D eigenvalue weighted by molar-refractivity contribution is 5.75. The summed E-state index contributed by atoms with van der Waals surface area (Å²) in [5, 5.41) is 2.98. The fourth-order valence-electron chi connectivity index (χ4n) is 0.762. The molecule has 3 heteroatoms. The molecule has 0 aliphatic carbocycles. The van der Waals surface area contributed by atoms with E-state index >= 15 is 0 Å². The minimum absolute atomic E-state index is 0.196. The second-order valence-corrected chi connectivity index (χ2v) is 2.18.